The third-order valence-electron chi connectivity index (χ3n) is 4.28. The molecule has 18 heavy (non-hydrogen) atoms. The zero-order valence-electron chi connectivity index (χ0n) is 10.4. The number of allylic oxidation sites excluding steroid dienone is 2. The minimum atomic E-state index is 0.469. The first-order valence-corrected chi connectivity index (χ1v) is 7.70. The first-order chi connectivity index (χ1) is 8.63. The molecule has 1 nitrogen and oxygen atoms in total. The van der Waals surface area contributed by atoms with Crippen LogP contribution in [0.2, 0.25) is 5.02 Å². The van der Waals surface area contributed by atoms with Crippen LogP contribution in [0.3, 0.4) is 0 Å². The number of rotatable bonds is 3. The standard InChI is InChI=1S/C15H17BrClN/c1-9(13-7-10-2-3-11(13)6-10)18-15-8-12(16)4-5-14(15)17/h2-5,8-11,13,18H,6-7H2,1H3. The van der Waals surface area contributed by atoms with Crippen molar-refractivity contribution in [2.75, 3.05) is 5.32 Å². The first-order valence-electron chi connectivity index (χ1n) is 6.53. The molecule has 2 aliphatic carbocycles. The van der Waals surface area contributed by atoms with Crippen LogP contribution in [-0.4, -0.2) is 6.04 Å². The van der Waals surface area contributed by atoms with Gasteiger partial charge in [-0.1, -0.05) is 39.7 Å². The maximum atomic E-state index is 6.23. The van der Waals surface area contributed by atoms with Gasteiger partial charge < -0.3 is 5.32 Å². The molecule has 0 amide bonds. The summed E-state index contributed by atoms with van der Waals surface area (Å²) in [5.74, 6) is 2.33. The van der Waals surface area contributed by atoms with Crippen LogP contribution in [0.15, 0.2) is 34.8 Å². The molecule has 4 unspecified atom stereocenters. The normalized spacial score (nSPS) is 30.7. The predicted molar refractivity (Wildman–Crippen MR) is 81.1 cm³/mol. The molecule has 2 bridgehead atoms. The van der Waals surface area contributed by atoms with Gasteiger partial charge in [-0.25, -0.2) is 0 Å². The van der Waals surface area contributed by atoms with Crippen molar-refractivity contribution in [2.45, 2.75) is 25.8 Å². The second-order valence-corrected chi connectivity index (χ2v) is 6.82. The molecule has 1 aromatic rings. The summed E-state index contributed by atoms with van der Waals surface area (Å²) in [6.07, 6.45) is 7.46. The van der Waals surface area contributed by atoms with Crippen LogP contribution in [-0.2, 0) is 0 Å². The highest BCUT2D eigenvalue weighted by molar-refractivity contribution is 9.10. The van der Waals surface area contributed by atoms with Crippen molar-refractivity contribution in [3.63, 3.8) is 0 Å². The maximum absolute atomic E-state index is 6.23. The Kier molecular flexibility index (Phi) is 3.42. The van der Waals surface area contributed by atoms with Crippen LogP contribution >= 0.6 is 27.5 Å². The smallest absolute Gasteiger partial charge is 0.0638 e. The molecular weight excluding hydrogens is 310 g/mol. The number of fused-ring (bicyclic) bond motifs is 2. The van der Waals surface area contributed by atoms with Crippen LogP contribution in [0.1, 0.15) is 19.8 Å². The van der Waals surface area contributed by atoms with Crippen LogP contribution in [0.5, 0.6) is 0 Å². The van der Waals surface area contributed by atoms with E-state index in [4.69, 9.17) is 11.6 Å². The number of halogens is 2. The Balaban J connectivity index is 1.72. The van der Waals surface area contributed by atoms with E-state index >= 15 is 0 Å². The molecule has 0 aromatic heterocycles. The monoisotopic (exact) mass is 325 g/mol. The van der Waals surface area contributed by atoms with Gasteiger partial charge in [-0.2, -0.15) is 0 Å². The van der Waals surface area contributed by atoms with Crippen molar-refractivity contribution in [1.82, 2.24) is 0 Å². The van der Waals surface area contributed by atoms with Crippen molar-refractivity contribution in [3.8, 4) is 0 Å². The van der Waals surface area contributed by atoms with E-state index in [1.807, 2.05) is 12.1 Å². The van der Waals surface area contributed by atoms with E-state index in [-0.39, 0.29) is 0 Å². The SMILES string of the molecule is CC(Nc1cc(Br)ccc1Cl)C1CC2C=CC1C2. The third kappa shape index (κ3) is 2.33. The molecule has 1 N–H and O–H groups in total. The largest absolute Gasteiger partial charge is 0.381 e. The van der Waals surface area contributed by atoms with E-state index in [0.717, 1.165) is 32.9 Å². The number of nitrogens with one attached hydrogen (secondary N) is 1. The molecule has 1 aromatic carbocycles. The lowest BCUT2D eigenvalue weighted by molar-refractivity contribution is 0.400. The Morgan fingerprint density at radius 2 is 2.17 bits per heavy atom. The Morgan fingerprint density at radius 1 is 1.33 bits per heavy atom. The molecule has 0 radical (unpaired) electrons. The maximum Gasteiger partial charge on any atom is 0.0638 e. The zero-order chi connectivity index (χ0) is 12.7. The summed E-state index contributed by atoms with van der Waals surface area (Å²) in [7, 11) is 0. The summed E-state index contributed by atoms with van der Waals surface area (Å²) in [6, 6.07) is 6.43. The Morgan fingerprint density at radius 3 is 2.83 bits per heavy atom. The van der Waals surface area contributed by atoms with Crippen molar-refractivity contribution < 1.29 is 0 Å². The second-order valence-electron chi connectivity index (χ2n) is 5.50. The van der Waals surface area contributed by atoms with Crippen molar-refractivity contribution in [1.29, 1.82) is 0 Å². The predicted octanol–water partition coefficient (Wildman–Crippen LogP) is 5.12. The highest BCUT2D eigenvalue weighted by Gasteiger charge is 2.38. The number of benzene rings is 1. The Bertz CT molecular complexity index is 485. The van der Waals surface area contributed by atoms with E-state index in [1.165, 1.54) is 12.8 Å². The van der Waals surface area contributed by atoms with Crippen LogP contribution in [0.4, 0.5) is 5.69 Å². The molecule has 0 spiro atoms. The van der Waals surface area contributed by atoms with Gasteiger partial charge in [-0.3, -0.25) is 0 Å². The lowest BCUT2D eigenvalue weighted by Gasteiger charge is -2.27. The minimum absolute atomic E-state index is 0.469. The summed E-state index contributed by atoms with van der Waals surface area (Å²) in [5, 5.41) is 4.38. The summed E-state index contributed by atoms with van der Waals surface area (Å²) in [5.41, 5.74) is 1.03. The van der Waals surface area contributed by atoms with Crippen LogP contribution < -0.4 is 5.32 Å². The average molecular weight is 327 g/mol. The van der Waals surface area contributed by atoms with E-state index < -0.39 is 0 Å². The molecule has 3 heteroatoms. The van der Waals surface area contributed by atoms with Crippen molar-refractivity contribution in [3.05, 3.63) is 39.8 Å². The Hall–Kier alpha value is -0.470. The zero-order valence-corrected chi connectivity index (χ0v) is 12.7. The molecular formula is C15H17BrClN. The number of hydrogen-bond acceptors (Lipinski definition) is 1. The minimum Gasteiger partial charge on any atom is -0.381 e. The molecule has 1 fully saturated rings. The molecule has 0 saturated heterocycles. The third-order valence-corrected chi connectivity index (χ3v) is 5.11. The highest BCUT2D eigenvalue weighted by Crippen LogP contribution is 2.45. The average Bonchev–Trinajstić information content (AvgIpc) is 2.96. The molecule has 0 aliphatic heterocycles. The molecule has 2 aliphatic rings. The van der Waals surface area contributed by atoms with Crippen molar-refractivity contribution in [2.24, 2.45) is 17.8 Å². The van der Waals surface area contributed by atoms with Gasteiger partial charge in [0.1, 0.15) is 0 Å². The van der Waals surface area contributed by atoms with Gasteiger partial charge in [0.25, 0.3) is 0 Å². The van der Waals surface area contributed by atoms with E-state index in [2.05, 4.69) is 46.4 Å². The fraction of sp³-hybridized carbons (Fsp3) is 0.467. The fourth-order valence-electron chi connectivity index (χ4n) is 3.36. The molecule has 4 atom stereocenters. The molecule has 96 valence electrons. The van der Waals surface area contributed by atoms with Gasteiger partial charge in [-0.15, -0.1) is 0 Å². The van der Waals surface area contributed by atoms with Gasteiger partial charge in [0.2, 0.25) is 0 Å². The van der Waals surface area contributed by atoms with E-state index in [9.17, 15) is 0 Å². The van der Waals surface area contributed by atoms with Gasteiger partial charge in [0.05, 0.1) is 10.7 Å². The summed E-state index contributed by atoms with van der Waals surface area (Å²) in [4.78, 5) is 0. The summed E-state index contributed by atoms with van der Waals surface area (Å²) < 4.78 is 1.06. The van der Waals surface area contributed by atoms with Crippen LogP contribution in [0, 0.1) is 17.8 Å². The molecule has 0 heterocycles. The number of anilines is 1. The highest BCUT2D eigenvalue weighted by atomic mass is 79.9. The van der Waals surface area contributed by atoms with Gasteiger partial charge in [-0.05, 0) is 55.7 Å². The summed E-state index contributed by atoms with van der Waals surface area (Å²) in [6.45, 7) is 2.27. The fourth-order valence-corrected chi connectivity index (χ4v) is 3.89. The van der Waals surface area contributed by atoms with E-state index in [0.29, 0.717) is 6.04 Å². The lowest BCUT2D eigenvalue weighted by Crippen LogP contribution is -2.28. The van der Waals surface area contributed by atoms with Gasteiger partial charge in [0.15, 0.2) is 0 Å². The molecule has 1 saturated carbocycles. The first kappa shape index (κ1) is 12.6. The summed E-state index contributed by atoms with van der Waals surface area (Å²) >= 11 is 9.72. The topological polar surface area (TPSA) is 12.0 Å². The Labute approximate surface area is 122 Å². The van der Waals surface area contributed by atoms with Crippen molar-refractivity contribution >= 4 is 33.2 Å². The van der Waals surface area contributed by atoms with Gasteiger partial charge >= 0.3 is 0 Å². The molecule has 3 rings (SSSR count). The number of hydrogen-bond donors (Lipinski definition) is 1. The van der Waals surface area contributed by atoms with Crippen LogP contribution in [0.25, 0.3) is 0 Å². The quantitative estimate of drug-likeness (QED) is 0.761. The second kappa shape index (κ2) is 4.90. The van der Waals surface area contributed by atoms with E-state index in [1.54, 1.807) is 0 Å². The van der Waals surface area contributed by atoms with Gasteiger partial charge in [0, 0.05) is 10.5 Å². The lowest BCUT2D eigenvalue weighted by atomic mass is 9.87.